The van der Waals surface area contributed by atoms with E-state index in [4.69, 9.17) is 10.8 Å². The average Bonchev–Trinajstić information content (AvgIpc) is 3.20. The molecule has 7 amide bonds. The fraction of sp³-hybridized carbons (Fsp3) is 0.472. The number of carbonyl (C=O) groups excluding carboxylic acids is 6. The van der Waals surface area contributed by atoms with Crippen LogP contribution >= 0.6 is 0 Å². The van der Waals surface area contributed by atoms with Gasteiger partial charge >= 0.3 is 18.0 Å². The zero-order valence-corrected chi connectivity index (χ0v) is 28.0. The number of rotatable bonds is 11. The van der Waals surface area contributed by atoms with Crippen LogP contribution in [0, 0.1) is 29.1 Å². The number of para-hydroxylation sites is 1. The Hall–Kier alpha value is -5.11. The summed E-state index contributed by atoms with van der Waals surface area (Å²) in [6.07, 6.45) is 2.58. The molecule has 4 saturated carbocycles. The van der Waals surface area contributed by atoms with Gasteiger partial charge in [-0.15, -0.1) is 0 Å². The Morgan fingerprint density at radius 3 is 2.10 bits per heavy atom. The second kappa shape index (κ2) is 13.3. The van der Waals surface area contributed by atoms with Gasteiger partial charge in [-0.05, 0) is 93.5 Å². The highest BCUT2D eigenvalue weighted by atomic mass is 16.4. The number of carbonyl (C=O) groups is 7. The molecular weight excluding hydrogens is 644 g/mol. The summed E-state index contributed by atoms with van der Waals surface area (Å²) in [5.41, 5.74) is 5.13. The van der Waals surface area contributed by atoms with Gasteiger partial charge in [-0.1, -0.05) is 30.3 Å². The van der Waals surface area contributed by atoms with E-state index in [-0.39, 0.29) is 30.1 Å². The summed E-state index contributed by atoms with van der Waals surface area (Å²) in [4.78, 5) is 94.0. The van der Waals surface area contributed by atoms with E-state index in [1.54, 1.807) is 62.4 Å². The molecule has 264 valence electrons. The Morgan fingerprint density at radius 2 is 1.50 bits per heavy atom. The summed E-state index contributed by atoms with van der Waals surface area (Å²) >= 11 is 0. The Balaban J connectivity index is 1.14. The Labute approximate surface area is 289 Å². The number of imide groups is 2. The number of nitrogens with one attached hydrogen (secondary N) is 3. The second-order valence-electron chi connectivity index (χ2n) is 14.7. The van der Waals surface area contributed by atoms with Crippen molar-refractivity contribution in [3.05, 3.63) is 60.2 Å². The number of carboxylic acid groups (broad SMARTS) is 1. The SMILES string of the molecule is CC1(C)C(=O)N(CC(=O)C23CC4CC(CC(C4)C2C(=O)NC(=O)[C@@H](N)CC(=O)O)C3)C(=O)N1Cc1ccc(NC(=O)Nc2ccccc2)cc1. The molecule has 0 aromatic heterocycles. The second-order valence-corrected chi connectivity index (χ2v) is 14.7. The molecule has 14 heteroatoms. The number of carboxylic acids is 1. The van der Waals surface area contributed by atoms with E-state index in [0.717, 1.165) is 24.2 Å². The number of benzene rings is 2. The van der Waals surface area contributed by atoms with Gasteiger partial charge in [-0.2, -0.15) is 0 Å². The van der Waals surface area contributed by atoms with Gasteiger partial charge in [0, 0.05) is 23.3 Å². The first-order chi connectivity index (χ1) is 23.7. The third-order valence-electron chi connectivity index (χ3n) is 10.9. The topological polar surface area (TPSA) is 208 Å². The maximum atomic E-state index is 14.4. The number of hydrogen-bond donors (Lipinski definition) is 5. The first kappa shape index (κ1) is 34.7. The molecule has 1 aliphatic heterocycles. The number of nitrogens with two attached hydrogens (primary N) is 1. The van der Waals surface area contributed by atoms with Crippen LogP contribution in [0.1, 0.15) is 57.9 Å². The largest absolute Gasteiger partial charge is 0.481 e. The molecule has 7 rings (SSSR count). The van der Waals surface area contributed by atoms with Crippen molar-refractivity contribution in [2.45, 2.75) is 70.5 Å². The number of anilines is 2. The zero-order chi connectivity index (χ0) is 36.0. The first-order valence-electron chi connectivity index (χ1n) is 16.9. The summed E-state index contributed by atoms with van der Waals surface area (Å²) in [5.74, 6) is -4.38. The van der Waals surface area contributed by atoms with Gasteiger partial charge < -0.3 is 26.4 Å². The zero-order valence-electron chi connectivity index (χ0n) is 28.0. The first-order valence-corrected chi connectivity index (χ1v) is 16.9. The lowest BCUT2D eigenvalue weighted by atomic mass is 9.43. The molecule has 4 aliphatic carbocycles. The number of nitrogens with zero attached hydrogens (tertiary/aromatic N) is 2. The van der Waals surface area contributed by atoms with Gasteiger partial charge in [0.2, 0.25) is 11.8 Å². The number of amides is 7. The minimum absolute atomic E-state index is 0.0693. The molecule has 5 aliphatic rings. The van der Waals surface area contributed by atoms with E-state index < -0.39 is 71.6 Å². The fourth-order valence-corrected chi connectivity index (χ4v) is 8.79. The van der Waals surface area contributed by atoms with Crippen molar-refractivity contribution in [3.8, 4) is 0 Å². The van der Waals surface area contributed by atoms with Gasteiger partial charge in [0.25, 0.3) is 5.91 Å². The summed E-state index contributed by atoms with van der Waals surface area (Å²) in [6, 6.07) is 13.4. The molecule has 4 atom stereocenters. The monoisotopic (exact) mass is 686 g/mol. The normalized spacial score (nSPS) is 26.8. The van der Waals surface area contributed by atoms with Crippen molar-refractivity contribution >= 4 is 52.9 Å². The van der Waals surface area contributed by atoms with Crippen molar-refractivity contribution in [1.82, 2.24) is 15.1 Å². The van der Waals surface area contributed by atoms with Crippen LogP contribution in [0.3, 0.4) is 0 Å². The van der Waals surface area contributed by atoms with Crippen LogP contribution in [-0.4, -0.2) is 74.6 Å². The minimum atomic E-state index is -1.43. The number of hydrogen-bond acceptors (Lipinski definition) is 8. The van der Waals surface area contributed by atoms with E-state index >= 15 is 0 Å². The molecular formula is C36H42N6O8. The molecule has 2 aromatic carbocycles. The predicted molar refractivity (Wildman–Crippen MR) is 180 cm³/mol. The van der Waals surface area contributed by atoms with Gasteiger partial charge in [-0.25, -0.2) is 9.59 Å². The Bertz CT molecular complexity index is 1710. The molecule has 0 spiro atoms. The predicted octanol–water partition coefficient (Wildman–Crippen LogP) is 3.33. The molecule has 14 nitrogen and oxygen atoms in total. The lowest BCUT2D eigenvalue weighted by molar-refractivity contribution is -0.168. The summed E-state index contributed by atoms with van der Waals surface area (Å²) < 4.78 is 0. The van der Waals surface area contributed by atoms with Crippen LogP contribution in [0.2, 0.25) is 0 Å². The number of ketones is 1. The molecule has 4 bridgehead atoms. The molecule has 2 aromatic rings. The maximum Gasteiger partial charge on any atom is 0.328 e. The third-order valence-corrected chi connectivity index (χ3v) is 10.9. The lowest BCUT2D eigenvalue weighted by Gasteiger charge is -2.59. The molecule has 5 fully saturated rings. The number of Topliss-reactive ketones (excluding diaryl/α,β-unsaturated/α-hetero) is 1. The van der Waals surface area contributed by atoms with E-state index in [9.17, 15) is 33.6 Å². The standard InChI is InChI=1S/C36H42N6O8/c1-35(2)32(48)41(34(50)42(35)18-20-8-10-25(11-9-20)39-33(49)38-24-6-4-3-5-7-24)19-27(43)36-16-21-12-22(17-36)14-23(13-21)29(36)31(47)40-30(46)26(37)15-28(44)45/h3-11,21-23,26,29H,12-19,37H2,1-2H3,(H,44,45)(H2,38,39,49)(H,40,46,47)/t21?,22?,23?,26-,29?,36?/m0/s1. The number of aliphatic carboxylic acids is 1. The summed E-state index contributed by atoms with van der Waals surface area (Å²) in [7, 11) is 0. The van der Waals surface area contributed by atoms with E-state index in [2.05, 4.69) is 16.0 Å². The summed E-state index contributed by atoms with van der Waals surface area (Å²) in [5, 5.41) is 16.8. The minimum Gasteiger partial charge on any atom is -0.481 e. The molecule has 50 heavy (non-hydrogen) atoms. The van der Waals surface area contributed by atoms with Crippen molar-refractivity contribution in [3.63, 3.8) is 0 Å². The van der Waals surface area contributed by atoms with Crippen LogP contribution < -0.4 is 21.7 Å². The maximum absolute atomic E-state index is 14.4. The molecule has 1 saturated heterocycles. The Morgan fingerprint density at radius 1 is 0.900 bits per heavy atom. The third kappa shape index (κ3) is 6.59. The van der Waals surface area contributed by atoms with Crippen molar-refractivity contribution in [2.75, 3.05) is 17.2 Å². The smallest absolute Gasteiger partial charge is 0.328 e. The van der Waals surface area contributed by atoms with Crippen LogP contribution in [0.5, 0.6) is 0 Å². The van der Waals surface area contributed by atoms with Crippen LogP contribution in [0.4, 0.5) is 21.0 Å². The van der Waals surface area contributed by atoms with Gasteiger partial charge in [0.05, 0.1) is 24.9 Å². The molecule has 0 radical (unpaired) electrons. The van der Waals surface area contributed by atoms with E-state index in [1.807, 2.05) is 6.07 Å². The number of urea groups is 2. The fourth-order valence-electron chi connectivity index (χ4n) is 8.79. The van der Waals surface area contributed by atoms with Crippen molar-refractivity contribution < 1.29 is 38.7 Å². The molecule has 3 unspecified atom stereocenters. The van der Waals surface area contributed by atoms with Crippen molar-refractivity contribution in [1.29, 1.82) is 0 Å². The lowest BCUT2D eigenvalue weighted by Crippen LogP contribution is -2.63. The van der Waals surface area contributed by atoms with Crippen molar-refractivity contribution in [2.24, 2.45) is 34.8 Å². The highest BCUT2D eigenvalue weighted by molar-refractivity contribution is 6.10. The Kier molecular flexibility index (Phi) is 9.25. The highest BCUT2D eigenvalue weighted by Crippen LogP contribution is 2.63. The molecule has 6 N–H and O–H groups in total. The van der Waals surface area contributed by atoms with Gasteiger partial charge in [-0.3, -0.25) is 34.2 Å². The molecule has 1 heterocycles. The van der Waals surface area contributed by atoms with E-state index in [0.29, 0.717) is 29.8 Å². The van der Waals surface area contributed by atoms with Crippen LogP contribution in [0.15, 0.2) is 54.6 Å². The highest BCUT2D eigenvalue weighted by Gasteiger charge is 2.63. The van der Waals surface area contributed by atoms with E-state index in [1.165, 1.54) is 4.90 Å². The van der Waals surface area contributed by atoms with Crippen LogP contribution in [-0.2, 0) is 30.5 Å². The quantitative estimate of drug-likeness (QED) is 0.219. The average molecular weight is 687 g/mol. The van der Waals surface area contributed by atoms with Gasteiger partial charge in [0.1, 0.15) is 5.54 Å². The van der Waals surface area contributed by atoms with Crippen LogP contribution in [0.25, 0.3) is 0 Å². The summed E-state index contributed by atoms with van der Waals surface area (Å²) in [6.45, 7) is 2.81. The van der Waals surface area contributed by atoms with Gasteiger partial charge in [0.15, 0.2) is 5.78 Å².